The second-order valence-electron chi connectivity index (χ2n) is 4.69. The van der Waals surface area contributed by atoms with E-state index in [1.165, 1.54) is 0 Å². The molecule has 0 saturated heterocycles. The van der Waals surface area contributed by atoms with Crippen LogP contribution >= 0.6 is 0 Å². The maximum atomic E-state index is 12.5. The van der Waals surface area contributed by atoms with Gasteiger partial charge in [0.25, 0.3) is 5.91 Å². The summed E-state index contributed by atoms with van der Waals surface area (Å²) >= 11 is 0. The first-order chi connectivity index (χ1) is 10.8. The largest absolute Gasteiger partial charge is 0.453 e. The van der Waals surface area contributed by atoms with Gasteiger partial charge in [-0.3, -0.25) is 9.59 Å². The molecule has 0 radical (unpaired) electrons. The molecule has 0 aliphatic rings. The van der Waals surface area contributed by atoms with Crippen molar-refractivity contribution in [2.45, 2.75) is 0 Å². The number of amides is 1. The molecule has 0 bridgehead atoms. The summed E-state index contributed by atoms with van der Waals surface area (Å²) in [5.41, 5.74) is 1.84. The third kappa shape index (κ3) is 2.81. The van der Waals surface area contributed by atoms with Crippen LogP contribution in [-0.2, 0) is 0 Å². The average Bonchev–Trinajstić information content (AvgIpc) is 3.05. The molecule has 4 heteroatoms. The fourth-order valence-corrected chi connectivity index (χ4v) is 2.18. The predicted octanol–water partition coefficient (Wildman–Crippen LogP) is 4.01. The molecule has 1 heterocycles. The van der Waals surface area contributed by atoms with Gasteiger partial charge in [0, 0.05) is 11.3 Å². The highest BCUT2D eigenvalue weighted by atomic mass is 16.3. The SMILES string of the molecule is O=Cc1ccc(-c2ccccc2C(=O)Nc2ccccc2)o1. The molecular formula is C18H13NO3. The molecule has 2 aromatic carbocycles. The number of carbonyl (C=O) groups excluding carboxylic acids is 2. The fraction of sp³-hybridized carbons (Fsp3) is 0. The summed E-state index contributed by atoms with van der Waals surface area (Å²) in [6, 6.07) is 19.6. The summed E-state index contributed by atoms with van der Waals surface area (Å²) in [7, 11) is 0. The lowest BCUT2D eigenvalue weighted by molar-refractivity contribution is 0.102. The molecule has 0 unspecified atom stereocenters. The second-order valence-corrected chi connectivity index (χ2v) is 4.69. The van der Waals surface area contributed by atoms with Gasteiger partial charge in [0.1, 0.15) is 5.76 Å². The van der Waals surface area contributed by atoms with Crippen molar-refractivity contribution in [3.05, 3.63) is 78.1 Å². The number of anilines is 1. The minimum atomic E-state index is -0.231. The zero-order chi connectivity index (χ0) is 15.4. The number of rotatable bonds is 4. The van der Waals surface area contributed by atoms with Gasteiger partial charge in [-0.1, -0.05) is 36.4 Å². The Balaban J connectivity index is 1.94. The van der Waals surface area contributed by atoms with Crippen LogP contribution in [0.3, 0.4) is 0 Å². The number of hydrogen-bond acceptors (Lipinski definition) is 3. The van der Waals surface area contributed by atoms with Gasteiger partial charge >= 0.3 is 0 Å². The Labute approximate surface area is 127 Å². The quantitative estimate of drug-likeness (QED) is 0.739. The molecule has 0 saturated carbocycles. The molecule has 1 N–H and O–H groups in total. The van der Waals surface area contributed by atoms with Crippen molar-refractivity contribution in [3.63, 3.8) is 0 Å². The van der Waals surface area contributed by atoms with E-state index in [2.05, 4.69) is 5.32 Å². The van der Waals surface area contributed by atoms with E-state index in [9.17, 15) is 9.59 Å². The Morgan fingerprint density at radius 3 is 2.36 bits per heavy atom. The molecule has 1 amide bonds. The fourth-order valence-electron chi connectivity index (χ4n) is 2.18. The minimum absolute atomic E-state index is 0.230. The highest BCUT2D eigenvalue weighted by molar-refractivity contribution is 6.08. The molecule has 0 aliphatic carbocycles. The van der Waals surface area contributed by atoms with Crippen LogP contribution in [0.15, 0.2) is 71.1 Å². The van der Waals surface area contributed by atoms with Crippen LogP contribution in [0.25, 0.3) is 11.3 Å². The number of hydrogen-bond donors (Lipinski definition) is 1. The van der Waals surface area contributed by atoms with Gasteiger partial charge in [-0.05, 0) is 30.3 Å². The van der Waals surface area contributed by atoms with Crippen molar-refractivity contribution in [2.24, 2.45) is 0 Å². The molecule has 0 aliphatic heterocycles. The van der Waals surface area contributed by atoms with Crippen LogP contribution in [-0.4, -0.2) is 12.2 Å². The van der Waals surface area contributed by atoms with Crippen LogP contribution in [0, 0.1) is 0 Å². The van der Waals surface area contributed by atoms with Crippen molar-refractivity contribution in [1.82, 2.24) is 0 Å². The molecule has 22 heavy (non-hydrogen) atoms. The summed E-state index contributed by atoms with van der Waals surface area (Å²) in [6.07, 6.45) is 0.635. The van der Waals surface area contributed by atoms with Gasteiger partial charge in [-0.2, -0.15) is 0 Å². The highest BCUT2D eigenvalue weighted by Crippen LogP contribution is 2.26. The molecule has 0 spiro atoms. The van der Waals surface area contributed by atoms with Gasteiger partial charge < -0.3 is 9.73 Å². The average molecular weight is 291 g/mol. The lowest BCUT2D eigenvalue weighted by Gasteiger charge is -2.08. The summed E-state index contributed by atoms with van der Waals surface area (Å²) in [5.74, 6) is 0.486. The van der Waals surface area contributed by atoms with Crippen molar-refractivity contribution in [1.29, 1.82) is 0 Å². The Hall–Kier alpha value is -3.14. The first-order valence-electron chi connectivity index (χ1n) is 6.79. The number of furan rings is 1. The second kappa shape index (κ2) is 6.10. The lowest BCUT2D eigenvalue weighted by atomic mass is 10.0. The van der Waals surface area contributed by atoms with E-state index < -0.39 is 0 Å². The topological polar surface area (TPSA) is 59.3 Å². The number of benzene rings is 2. The normalized spacial score (nSPS) is 10.2. The molecule has 0 fully saturated rings. The number of nitrogens with one attached hydrogen (secondary N) is 1. The predicted molar refractivity (Wildman–Crippen MR) is 83.9 cm³/mol. The van der Waals surface area contributed by atoms with E-state index in [4.69, 9.17) is 4.42 Å². The van der Waals surface area contributed by atoms with Crippen LogP contribution < -0.4 is 5.32 Å². The Kier molecular flexibility index (Phi) is 3.83. The van der Waals surface area contributed by atoms with Crippen LogP contribution in [0.1, 0.15) is 20.9 Å². The number of carbonyl (C=O) groups is 2. The van der Waals surface area contributed by atoms with Crippen LogP contribution in [0.4, 0.5) is 5.69 Å². The van der Waals surface area contributed by atoms with E-state index in [0.717, 1.165) is 5.69 Å². The molecule has 108 valence electrons. The van der Waals surface area contributed by atoms with E-state index in [1.807, 2.05) is 36.4 Å². The summed E-state index contributed by atoms with van der Waals surface area (Å²) in [6.45, 7) is 0. The molecule has 1 aromatic heterocycles. The van der Waals surface area contributed by atoms with Gasteiger partial charge in [0.2, 0.25) is 0 Å². The molecular weight excluding hydrogens is 278 g/mol. The lowest BCUT2D eigenvalue weighted by Crippen LogP contribution is -2.12. The zero-order valence-corrected chi connectivity index (χ0v) is 11.7. The number of para-hydroxylation sites is 1. The van der Waals surface area contributed by atoms with Gasteiger partial charge in [-0.25, -0.2) is 0 Å². The van der Waals surface area contributed by atoms with Crippen molar-refractivity contribution in [2.75, 3.05) is 5.32 Å². The molecule has 4 nitrogen and oxygen atoms in total. The van der Waals surface area contributed by atoms with Crippen LogP contribution in [0.5, 0.6) is 0 Å². The standard InChI is InChI=1S/C18H13NO3/c20-12-14-10-11-17(22-14)15-8-4-5-9-16(15)18(21)19-13-6-2-1-3-7-13/h1-12H,(H,19,21). The third-order valence-corrected chi connectivity index (χ3v) is 3.21. The summed E-state index contributed by atoms with van der Waals surface area (Å²) < 4.78 is 5.41. The maximum Gasteiger partial charge on any atom is 0.256 e. The van der Waals surface area contributed by atoms with Gasteiger partial charge in [0.05, 0.1) is 5.56 Å². The van der Waals surface area contributed by atoms with Crippen molar-refractivity contribution < 1.29 is 14.0 Å². The monoisotopic (exact) mass is 291 g/mol. The summed E-state index contributed by atoms with van der Waals surface area (Å²) in [4.78, 5) is 23.2. The Morgan fingerprint density at radius 1 is 0.909 bits per heavy atom. The first kappa shape index (κ1) is 13.8. The molecule has 0 atom stereocenters. The van der Waals surface area contributed by atoms with Crippen molar-refractivity contribution >= 4 is 17.9 Å². The summed E-state index contributed by atoms with van der Waals surface area (Å²) in [5, 5.41) is 2.84. The van der Waals surface area contributed by atoms with Crippen molar-refractivity contribution in [3.8, 4) is 11.3 Å². The zero-order valence-electron chi connectivity index (χ0n) is 11.7. The smallest absolute Gasteiger partial charge is 0.256 e. The van der Waals surface area contributed by atoms with E-state index in [0.29, 0.717) is 23.2 Å². The minimum Gasteiger partial charge on any atom is -0.453 e. The van der Waals surface area contributed by atoms with E-state index in [1.54, 1.807) is 30.3 Å². The first-order valence-corrected chi connectivity index (χ1v) is 6.79. The van der Waals surface area contributed by atoms with E-state index in [-0.39, 0.29) is 11.7 Å². The maximum absolute atomic E-state index is 12.5. The van der Waals surface area contributed by atoms with Gasteiger partial charge in [-0.15, -0.1) is 0 Å². The Bertz CT molecular complexity index is 806. The third-order valence-electron chi connectivity index (χ3n) is 3.21. The highest BCUT2D eigenvalue weighted by Gasteiger charge is 2.15. The van der Waals surface area contributed by atoms with Gasteiger partial charge in [0.15, 0.2) is 12.0 Å². The molecule has 3 aromatic rings. The Morgan fingerprint density at radius 2 is 1.64 bits per heavy atom. The molecule has 3 rings (SSSR count). The van der Waals surface area contributed by atoms with Crippen LogP contribution in [0.2, 0.25) is 0 Å². The number of aldehydes is 1. The van der Waals surface area contributed by atoms with E-state index >= 15 is 0 Å².